The minimum absolute atomic E-state index is 0.0835. The summed E-state index contributed by atoms with van der Waals surface area (Å²) >= 11 is 6.33. The number of para-hydroxylation sites is 1. The van der Waals surface area contributed by atoms with Gasteiger partial charge in [0.2, 0.25) is 5.43 Å². The quantitative estimate of drug-likeness (QED) is 0.561. The van der Waals surface area contributed by atoms with Gasteiger partial charge in [-0.3, -0.25) is 4.79 Å². The number of hydrogen-bond donors (Lipinski definition) is 0. The molecule has 0 aliphatic carbocycles. The van der Waals surface area contributed by atoms with E-state index in [1.807, 2.05) is 38.1 Å². The molecule has 0 saturated heterocycles. The Labute approximate surface area is 131 Å². The predicted molar refractivity (Wildman–Crippen MR) is 88.7 cm³/mol. The molecule has 3 aromatic rings. The van der Waals surface area contributed by atoms with Crippen molar-refractivity contribution in [2.75, 3.05) is 0 Å². The molecule has 4 rings (SSSR count). The Kier molecular flexibility index (Phi) is 2.66. The zero-order valence-corrected chi connectivity index (χ0v) is 12.9. The Bertz CT molecular complexity index is 1010. The van der Waals surface area contributed by atoms with Gasteiger partial charge in [0.05, 0.1) is 21.4 Å². The van der Waals surface area contributed by atoms with Crippen molar-refractivity contribution in [1.82, 2.24) is 0 Å². The monoisotopic (exact) mass is 312 g/mol. The topological polar surface area (TPSA) is 39.4 Å². The van der Waals surface area contributed by atoms with E-state index in [0.29, 0.717) is 38.3 Å². The molecule has 0 saturated carbocycles. The molecule has 0 bridgehead atoms. The van der Waals surface area contributed by atoms with Crippen LogP contribution in [0.1, 0.15) is 19.4 Å². The molecule has 0 atom stereocenters. The van der Waals surface area contributed by atoms with Crippen LogP contribution in [0.15, 0.2) is 45.6 Å². The van der Waals surface area contributed by atoms with Crippen molar-refractivity contribution >= 4 is 39.6 Å². The van der Waals surface area contributed by atoms with Crippen molar-refractivity contribution < 1.29 is 9.15 Å². The van der Waals surface area contributed by atoms with Crippen molar-refractivity contribution in [3.8, 4) is 5.75 Å². The zero-order valence-electron chi connectivity index (χ0n) is 12.1. The molecule has 0 amide bonds. The average Bonchev–Trinajstić information content (AvgIpc) is 2.48. The first-order chi connectivity index (χ1) is 10.5. The van der Waals surface area contributed by atoms with Crippen LogP contribution in [0.5, 0.6) is 5.75 Å². The molecule has 0 spiro atoms. The van der Waals surface area contributed by atoms with Crippen molar-refractivity contribution in [2.45, 2.75) is 19.4 Å². The van der Waals surface area contributed by atoms with Crippen LogP contribution in [0.2, 0.25) is 5.02 Å². The summed E-state index contributed by atoms with van der Waals surface area (Å²) in [5.74, 6) is 0.556. The van der Waals surface area contributed by atoms with Gasteiger partial charge in [0.15, 0.2) is 0 Å². The molecule has 0 N–H and O–H groups in total. The number of ether oxygens (including phenoxy) is 1. The molecular formula is C18H13ClO3. The lowest BCUT2D eigenvalue weighted by molar-refractivity contribution is 0.159. The summed E-state index contributed by atoms with van der Waals surface area (Å²) in [6.45, 7) is 3.90. The summed E-state index contributed by atoms with van der Waals surface area (Å²) in [5, 5.41) is 1.44. The van der Waals surface area contributed by atoms with Crippen molar-refractivity contribution in [1.29, 1.82) is 0 Å². The van der Waals surface area contributed by atoms with Crippen LogP contribution >= 0.6 is 11.6 Å². The van der Waals surface area contributed by atoms with Gasteiger partial charge in [0, 0.05) is 0 Å². The highest BCUT2D eigenvalue weighted by molar-refractivity contribution is 6.33. The molecule has 2 aromatic carbocycles. The minimum Gasteiger partial charge on any atom is -0.481 e. The first-order valence-corrected chi connectivity index (χ1v) is 7.40. The lowest BCUT2D eigenvalue weighted by Gasteiger charge is -2.28. The van der Waals surface area contributed by atoms with Crippen LogP contribution < -0.4 is 10.2 Å². The van der Waals surface area contributed by atoms with E-state index in [4.69, 9.17) is 20.8 Å². The van der Waals surface area contributed by atoms with E-state index in [-0.39, 0.29) is 5.43 Å². The highest BCUT2D eigenvalue weighted by Gasteiger charge is 2.27. The standard InChI is InChI=1S/C18H13ClO3/c1-18(2)8-7-11-16-12(9-13(19)17(11)22-18)15(20)10-5-3-4-6-14(10)21-16/h3-9H,1-2H3. The molecule has 0 unspecified atom stereocenters. The van der Waals surface area contributed by atoms with Gasteiger partial charge in [-0.05, 0) is 44.2 Å². The molecule has 1 aromatic heterocycles. The lowest BCUT2D eigenvalue weighted by atomic mass is 10.00. The van der Waals surface area contributed by atoms with Crippen LogP contribution in [0.4, 0.5) is 0 Å². The normalized spacial score (nSPS) is 15.8. The summed E-state index contributed by atoms with van der Waals surface area (Å²) in [7, 11) is 0. The Morgan fingerprint density at radius 2 is 1.91 bits per heavy atom. The smallest absolute Gasteiger partial charge is 0.200 e. The van der Waals surface area contributed by atoms with Crippen molar-refractivity contribution in [3.63, 3.8) is 0 Å². The summed E-state index contributed by atoms with van der Waals surface area (Å²) in [4.78, 5) is 12.7. The molecule has 1 aliphatic rings. The molecule has 0 fully saturated rings. The fourth-order valence-electron chi connectivity index (χ4n) is 2.75. The second kappa shape index (κ2) is 4.37. The van der Waals surface area contributed by atoms with E-state index in [9.17, 15) is 4.79 Å². The molecule has 110 valence electrons. The average molecular weight is 313 g/mol. The summed E-state index contributed by atoms with van der Waals surface area (Å²) in [5.41, 5.74) is 1.25. The van der Waals surface area contributed by atoms with Crippen LogP contribution in [-0.2, 0) is 0 Å². The first-order valence-electron chi connectivity index (χ1n) is 7.02. The van der Waals surface area contributed by atoms with E-state index < -0.39 is 5.60 Å². The molecule has 1 aliphatic heterocycles. The molecule has 3 nitrogen and oxygen atoms in total. The molecule has 22 heavy (non-hydrogen) atoms. The molecule has 2 heterocycles. The Hall–Kier alpha value is -2.26. The summed E-state index contributed by atoms with van der Waals surface area (Å²) < 4.78 is 11.9. The maximum atomic E-state index is 12.7. The third kappa shape index (κ3) is 1.86. The first kappa shape index (κ1) is 13.4. The van der Waals surface area contributed by atoms with Gasteiger partial charge in [-0.25, -0.2) is 0 Å². The van der Waals surface area contributed by atoms with Crippen LogP contribution in [-0.4, -0.2) is 5.60 Å². The van der Waals surface area contributed by atoms with Crippen molar-refractivity contribution in [3.05, 3.63) is 57.2 Å². The second-order valence-corrected chi connectivity index (χ2v) is 6.35. The third-order valence-corrected chi connectivity index (χ3v) is 4.11. The van der Waals surface area contributed by atoms with Gasteiger partial charge in [-0.1, -0.05) is 23.7 Å². The number of hydrogen-bond acceptors (Lipinski definition) is 3. The Morgan fingerprint density at radius 3 is 2.73 bits per heavy atom. The lowest BCUT2D eigenvalue weighted by Crippen LogP contribution is -2.27. The SMILES string of the molecule is CC1(C)C=Cc2c(c(Cl)cc3c(=O)c4ccccc4oc23)O1. The van der Waals surface area contributed by atoms with Gasteiger partial charge < -0.3 is 9.15 Å². The zero-order chi connectivity index (χ0) is 15.5. The molecule has 0 radical (unpaired) electrons. The third-order valence-electron chi connectivity index (χ3n) is 3.83. The van der Waals surface area contributed by atoms with Gasteiger partial charge in [-0.2, -0.15) is 0 Å². The highest BCUT2D eigenvalue weighted by atomic mass is 35.5. The maximum absolute atomic E-state index is 12.7. The van der Waals surface area contributed by atoms with E-state index in [2.05, 4.69) is 0 Å². The van der Waals surface area contributed by atoms with E-state index in [1.165, 1.54) is 0 Å². The number of halogens is 1. The van der Waals surface area contributed by atoms with Gasteiger partial charge >= 0.3 is 0 Å². The molecular weight excluding hydrogens is 300 g/mol. The fourth-order valence-corrected chi connectivity index (χ4v) is 3.00. The van der Waals surface area contributed by atoms with Crippen LogP contribution in [0.3, 0.4) is 0 Å². The summed E-state index contributed by atoms with van der Waals surface area (Å²) in [6, 6.07) is 8.83. The Morgan fingerprint density at radius 1 is 1.14 bits per heavy atom. The van der Waals surface area contributed by atoms with E-state index >= 15 is 0 Å². The van der Waals surface area contributed by atoms with Crippen molar-refractivity contribution in [2.24, 2.45) is 0 Å². The number of fused-ring (bicyclic) bond motifs is 4. The largest absolute Gasteiger partial charge is 0.481 e. The van der Waals surface area contributed by atoms with Gasteiger partial charge in [0.25, 0.3) is 0 Å². The van der Waals surface area contributed by atoms with Gasteiger partial charge in [0.1, 0.15) is 22.5 Å². The fraction of sp³-hybridized carbons (Fsp3) is 0.167. The maximum Gasteiger partial charge on any atom is 0.200 e. The minimum atomic E-state index is -0.443. The second-order valence-electron chi connectivity index (χ2n) is 5.94. The van der Waals surface area contributed by atoms with Crippen LogP contribution in [0.25, 0.3) is 28.0 Å². The number of benzene rings is 2. The number of rotatable bonds is 0. The van der Waals surface area contributed by atoms with E-state index in [0.717, 1.165) is 0 Å². The van der Waals surface area contributed by atoms with Crippen LogP contribution in [0, 0.1) is 0 Å². The van der Waals surface area contributed by atoms with Gasteiger partial charge in [-0.15, -0.1) is 0 Å². The molecule has 4 heteroatoms. The predicted octanol–water partition coefficient (Wildman–Crippen LogP) is 4.78. The van der Waals surface area contributed by atoms with E-state index in [1.54, 1.807) is 18.2 Å². The highest BCUT2D eigenvalue weighted by Crippen LogP contribution is 2.41. The Balaban J connectivity index is 2.18. The summed E-state index contributed by atoms with van der Waals surface area (Å²) in [6.07, 6.45) is 3.84.